The topological polar surface area (TPSA) is 41.5 Å². The van der Waals surface area contributed by atoms with E-state index in [0.717, 1.165) is 10.0 Å². The minimum absolute atomic E-state index is 0.230. The molecule has 0 unspecified atom stereocenters. The zero-order valence-corrected chi connectivity index (χ0v) is 12.9. The van der Waals surface area contributed by atoms with Crippen LogP contribution in [0.25, 0.3) is 0 Å². The van der Waals surface area contributed by atoms with E-state index in [1.165, 1.54) is 11.1 Å². The molecule has 2 aromatic carbocycles. The predicted octanol–water partition coefficient (Wildman–Crippen LogP) is 3.83. The molecule has 0 fully saturated rings. The number of nitrogens with one attached hydrogen (secondary N) is 1. The Bertz CT molecular complexity index is 665. The van der Waals surface area contributed by atoms with Crippen molar-refractivity contribution in [3.8, 4) is 0 Å². The van der Waals surface area contributed by atoms with Crippen LogP contribution in [0.15, 0.2) is 52.0 Å². The summed E-state index contributed by atoms with van der Waals surface area (Å²) in [5, 5.41) is 3.98. The molecule has 0 saturated carbocycles. The van der Waals surface area contributed by atoms with Gasteiger partial charge in [0.1, 0.15) is 0 Å². The van der Waals surface area contributed by atoms with E-state index >= 15 is 0 Å². The number of hydrogen-bond donors (Lipinski definition) is 1. The molecule has 0 atom stereocenters. The third-order valence-corrected chi connectivity index (χ3v) is 3.49. The van der Waals surface area contributed by atoms with E-state index < -0.39 is 0 Å². The zero-order chi connectivity index (χ0) is 14.5. The molecule has 0 spiro atoms. The Balaban J connectivity index is 2.02. The Hall–Kier alpha value is -1.94. The molecule has 4 heteroatoms. The molecule has 0 aliphatic rings. The average Bonchev–Trinajstić information content (AvgIpc) is 2.42. The highest BCUT2D eigenvalue weighted by Gasteiger charge is 2.03. The van der Waals surface area contributed by atoms with Crippen LogP contribution in [0.1, 0.15) is 27.0 Å². The standard InChI is InChI=1S/C16H15BrN2O/c1-11-6-7-13(8-12(11)2)10-18-19-16(20)14-4-3-5-15(17)9-14/h3-10H,1-2H3,(H,19,20)/b18-10-. The fourth-order valence-electron chi connectivity index (χ4n) is 1.70. The molecule has 0 radical (unpaired) electrons. The number of halogens is 1. The van der Waals surface area contributed by atoms with Gasteiger partial charge in [-0.3, -0.25) is 4.79 Å². The lowest BCUT2D eigenvalue weighted by Crippen LogP contribution is -2.17. The van der Waals surface area contributed by atoms with Gasteiger partial charge in [-0.25, -0.2) is 5.43 Å². The number of hydrazone groups is 1. The maximum atomic E-state index is 11.9. The van der Waals surface area contributed by atoms with Gasteiger partial charge in [0.15, 0.2) is 0 Å². The van der Waals surface area contributed by atoms with Crippen LogP contribution in [0.3, 0.4) is 0 Å². The van der Waals surface area contributed by atoms with Crippen molar-refractivity contribution in [1.82, 2.24) is 5.43 Å². The van der Waals surface area contributed by atoms with Gasteiger partial charge in [-0.05, 0) is 48.7 Å². The minimum atomic E-state index is -0.230. The second kappa shape index (κ2) is 6.48. The lowest BCUT2D eigenvalue weighted by molar-refractivity contribution is 0.0955. The first-order chi connectivity index (χ1) is 9.56. The van der Waals surface area contributed by atoms with Crippen LogP contribution in [0, 0.1) is 13.8 Å². The second-order valence-corrected chi connectivity index (χ2v) is 5.47. The summed E-state index contributed by atoms with van der Waals surface area (Å²) in [5.74, 6) is -0.230. The van der Waals surface area contributed by atoms with Gasteiger partial charge in [0.05, 0.1) is 6.21 Å². The highest BCUT2D eigenvalue weighted by molar-refractivity contribution is 9.10. The quantitative estimate of drug-likeness (QED) is 0.674. The van der Waals surface area contributed by atoms with Crippen molar-refractivity contribution in [2.75, 3.05) is 0 Å². The van der Waals surface area contributed by atoms with Crippen LogP contribution in [-0.2, 0) is 0 Å². The molecule has 0 saturated heterocycles. The fraction of sp³-hybridized carbons (Fsp3) is 0.125. The summed E-state index contributed by atoms with van der Waals surface area (Å²) in [5.41, 5.74) is 6.48. The summed E-state index contributed by atoms with van der Waals surface area (Å²) in [6.45, 7) is 4.11. The number of aryl methyl sites for hydroxylation is 2. The Morgan fingerprint density at radius 3 is 2.65 bits per heavy atom. The predicted molar refractivity (Wildman–Crippen MR) is 85.1 cm³/mol. The van der Waals surface area contributed by atoms with Gasteiger partial charge in [-0.15, -0.1) is 0 Å². The highest BCUT2D eigenvalue weighted by Crippen LogP contribution is 2.11. The van der Waals surface area contributed by atoms with E-state index in [-0.39, 0.29) is 5.91 Å². The van der Waals surface area contributed by atoms with Gasteiger partial charge in [0.2, 0.25) is 0 Å². The molecule has 0 bridgehead atoms. The summed E-state index contributed by atoms with van der Waals surface area (Å²) in [6.07, 6.45) is 1.64. The Labute approximate surface area is 126 Å². The van der Waals surface area contributed by atoms with Gasteiger partial charge in [-0.2, -0.15) is 5.10 Å². The van der Waals surface area contributed by atoms with E-state index in [1.54, 1.807) is 18.3 Å². The molecule has 102 valence electrons. The molecule has 1 N–H and O–H groups in total. The van der Waals surface area contributed by atoms with Crippen molar-refractivity contribution < 1.29 is 4.79 Å². The minimum Gasteiger partial charge on any atom is -0.267 e. The van der Waals surface area contributed by atoms with Crippen molar-refractivity contribution in [3.05, 3.63) is 69.2 Å². The first-order valence-corrected chi connectivity index (χ1v) is 7.02. The van der Waals surface area contributed by atoms with E-state index in [4.69, 9.17) is 0 Å². The number of amides is 1. The van der Waals surface area contributed by atoms with Crippen molar-refractivity contribution in [2.45, 2.75) is 13.8 Å². The molecule has 1 amide bonds. The zero-order valence-electron chi connectivity index (χ0n) is 11.4. The summed E-state index contributed by atoms with van der Waals surface area (Å²) < 4.78 is 0.864. The summed E-state index contributed by atoms with van der Waals surface area (Å²) >= 11 is 3.33. The lowest BCUT2D eigenvalue weighted by atomic mass is 10.1. The van der Waals surface area contributed by atoms with Gasteiger partial charge >= 0.3 is 0 Å². The number of carbonyl (C=O) groups is 1. The number of nitrogens with zero attached hydrogens (tertiary/aromatic N) is 1. The number of rotatable bonds is 3. The first kappa shape index (κ1) is 14.5. The SMILES string of the molecule is Cc1ccc(/C=N\NC(=O)c2cccc(Br)c2)cc1C. The number of benzene rings is 2. The van der Waals surface area contributed by atoms with Gasteiger partial charge in [-0.1, -0.05) is 40.2 Å². The summed E-state index contributed by atoms with van der Waals surface area (Å²) in [7, 11) is 0. The average molecular weight is 331 g/mol. The van der Waals surface area contributed by atoms with Gasteiger partial charge < -0.3 is 0 Å². The van der Waals surface area contributed by atoms with Crippen molar-refractivity contribution >= 4 is 28.1 Å². The van der Waals surface area contributed by atoms with Crippen LogP contribution in [0.2, 0.25) is 0 Å². The van der Waals surface area contributed by atoms with Crippen molar-refractivity contribution in [3.63, 3.8) is 0 Å². The molecule has 2 rings (SSSR count). The van der Waals surface area contributed by atoms with Gasteiger partial charge in [0, 0.05) is 10.0 Å². The van der Waals surface area contributed by atoms with E-state index in [0.29, 0.717) is 5.56 Å². The van der Waals surface area contributed by atoms with Crippen LogP contribution in [-0.4, -0.2) is 12.1 Å². The van der Waals surface area contributed by atoms with E-state index in [1.807, 2.05) is 37.3 Å². The monoisotopic (exact) mass is 330 g/mol. The van der Waals surface area contributed by atoms with Crippen LogP contribution < -0.4 is 5.43 Å². The highest BCUT2D eigenvalue weighted by atomic mass is 79.9. The molecule has 20 heavy (non-hydrogen) atoms. The van der Waals surface area contributed by atoms with E-state index in [9.17, 15) is 4.79 Å². The Morgan fingerprint density at radius 1 is 1.15 bits per heavy atom. The molecule has 2 aromatic rings. The van der Waals surface area contributed by atoms with Crippen molar-refractivity contribution in [2.24, 2.45) is 5.10 Å². The summed E-state index contributed by atoms with van der Waals surface area (Å²) in [6, 6.07) is 13.2. The van der Waals surface area contributed by atoms with Crippen LogP contribution >= 0.6 is 15.9 Å². The maximum Gasteiger partial charge on any atom is 0.271 e. The fourth-order valence-corrected chi connectivity index (χ4v) is 2.10. The third-order valence-electron chi connectivity index (χ3n) is 3.00. The number of carbonyl (C=O) groups excluding carboxylic acids is 1. The van der Waals surface area contributed by atoms with Crippen molar-refractivity contribution in [1.29, 1.82) is 0 Å². The second-order valence-electron chi connectivity index (χ2n) is 4.55. The van der Waals surface area contributed by atoms with E-state index in [2.05, 4.69) is 33.4 Å². The molecule has 0 aliphatic heterocycles. The molecule has 0 heterocycles. The first-order valence-electron chi connectivity index (χ1n) is 6.22. The summed E-state index contributed by atoms with van der Waals surface area (Å²) in [4.78, 5) is 11.9. The normalized spacial score (nSPS) is 10.8. The lowest BCUT2D eigenvalue weighted by Gasteiger charge is -2.02. The molecule has 3 nitrogen and oxygen atoms in total. The molecule has 0 aromatic heterocycles. The Kier molecular flexibility index (Phi) is 4.69. The molecule has 0 aliphatic carbocycles. The Morgan fingerprint density at radius 2 is 1.95 bits per heavy atom. The smallest absolute Gasteiger partial charge is 0.267 e. The maximum absolute atomic E-state index is 11.9. The van der Waals surface area contributed by atoms with Crippen LogP contribution in [0.4, 0.5) is 0 Å². The van der Waals surface area contributed by atoms with Crippen LogP contribution in [0.5, 0.6) is 0 Å². The van der Waals surface area contributed by atoms with Gasteiger partial charge in [0.25, 0.3) is 5.91 Å². The largest absolute Gasteiger partial charge is 0.271 e. The number of hydrogen-bond acceptors (Lipinski definition) is 2. The molecular formula is C16H15BrN2O. The third kappa shape index (κ3) is 3.78. The molecular weight excluding hydrogens is 316 g/mol.